The van der Waals surface area contributed by atoms with Crippen molar-refractivity contribution in [2.45, 2.75) is 38.6 Å². The number of anilines is 1. The van der Waals surface area contributed by atoms with Crippen molar-refractivity contribution in [3.8, 4) is 0 Å². The molecule has 0 aliphatic rings. The number of thioether (sulfide) groups is 1. The molecule has 0 radical (unpaired) electrons. The summed E-state index contributed by atoms with van der Waals surface area (Å²) in [5.74, 6) is -0.211. The number of para-hydroxylation sites is 1. The second-order valence-electron chi connectivity index (χ2n) is 7.15. The summed E-state index contributed by atoms with van der Waals surface area (Å²) < 4.78 is 5.19. The molecule has 3 aromatic rings. The summed E-state index contributed by atoms with van der Waals surface area (Å²) in [6.45, 7) is 6.57. The molecule has 1 aromatic heterocycles. The van der Waals surface area contributed by atoms with Crippen molar-refractivity contribution in [1.29, 1.82) is 0 Å². The van der Waals surface area contributed by atoms with Gasteiger partial charge in [0.25, 0.3) is 0 Å². The number of benzene rings is 2. The highest BCUT2D eigenvalue weighted by atomic mass is 32.2. The molecule has 0 aliphatic heterocycles. The second-order valence-corrected chi connectivity index (χ2v) is 8.15. The number of nitrogens with zero attached hydrogens (tertiary/aromatic N) is 1. The number of esters is 1. The van der Waals surface area contributed by atoms with E-state index in [-0.39, 0.29) is 17.6 Å². The number of pyridine rings is 1. The number of amides is 1. The van der Waals surface area contributed by atoms with Gasteiger partial charge in [0.1, 0.15) is 0 Å². The molecular weight excluding hydrogens is 396 g/mol. The van der Waals surface area contributed by atoms with Gasteiger partial charge in [0, 0.05) is 11.1 Å². The minimum atomic E-state index is -0.343. The first-order valence-corrected chi connectivity index (χ1v) is 11.0. The summed E-state index contributed by atoms with van der Waals surface area (Å²) in [5, 5.41) is 4.82. The lowest BCUT2D eigenvalue weighted by atomic mass is 10.1. The smallest absolute Gasteiger partial charge is 0.338 e. The van der Waals surface area contributed by atoms with Crippen LogP contribution in [-0.2, 0) is 9.53 Å². The van der Waals surface area contributed by atoms with Gasteiger partial charge in [-0.05, 0) is 61.7 Å². The maximum Gasteiger partial charge on any atom is 0.338 e. The number of carbonyl (C=O) groups excluding carboxylic acids is 2. The molecule has 0 unspecified atom stereocenters. The van der Waals surface area contributed by atoms with E-state index in [4.69, 9.17) is 9.72 Å². The first-order valence-electron chi connectivity index (χ1n) is 10.0. The van der Waals surface area contributed by atoms with Crippen LogP contribution in [0.5, 0.6) is 0 Å². The molecule has 0 atom stereocenters. The molecule has 1 heterocycles. The second kappa shape index (κ2) is 10.3. The van der Waals surface area contributed by atoms with Crippen LogP contribution in [0, 0.1) is 13.8 Å². The van der Waals surface area contributed by atoms with E-state index in [2.05, 4.69) is 18.3 Å². The molecule has 0 aliphatic carbocycles. The lowest BCUT2D eigenvalue weighted by molar-refractivity contribution is -0.113. The highest BCUT2D eigenvalue weighted by molar-refractivity contribution is 7.99. The van der Waals surface area contributed by atoms with Gasteiger partial charge in [-0.3, -0.25) is 4.79 Å². The SMILES string of the molecule is CCCCOC(=O)c1ccc(NC(=O)CSc2cc(C)c3cccc(C)c3n2)cc1. The molecule has 0 fully saturated rings. The number of unbranched alkanes of at least 4 members (excludes halogenated alkanes) is 1. The molecular formula is C24H26N2O3S. The van der Waals surface area contributed by atoms with Crippen molar-refractivity contribution >= 4 is 40.2 Å². The lowest BCUT2D eigenvalue weighted by Crippen LogP contribution is -2.14. The van der Waals surface area contributed by atoms with E-state index in [0.717, 1.165) is 39.9 Å². The van der Waals surface area contributed by atoms with Crippen LogP contribution in [0.15, 0.2) is 53.6 Å². The summed E-state index contributed by atoms with van der Waals surface area (Å²) >= 11 is 1.41. The van der Waals surface area contributed by atoms with Crippen LogP contribution in [0.1, 0.15) is 41.3 Å². The predicted octanol–water partition coefficient (Wildman–Crippen LogP) is 5.54. The summed E-state index contributed by atoms with van der Waals surface area (Å²) in [5.41, 5.74) is 4.36. The zero-order chi connectivity index (χ0) is 21.5. The highest BCUT2D eigenvalue weighted by Gasteiger charge is 2.10. The zero-order valence-corrected chi connectivity index (χ0v) is 18.3. The van der Waals surface area contributed by atoms with E-state index in [0.29, 0.717) is 17.9 Å². The van der Waals surface area contributed by atoms with Crippen molar-refractivity contribution in [2.75, 3.05) is 17.7 Å². The summed E-state index contributed by atoms with van der Waals surface area (Å²) in [6, 6.07) is 14.9. The number of hydrogen-bond donors (Lipinski definition) is 1. The molecule has 1 N–H and O–H groups in total. The Labute approximate surface area is 181 Å². The van der Waals surface area contributed by atoms with Gasteiger partial charge >= 0.3 is 5.97 Å². The molecule has 0 bridgehead atoms. The van der Waals surface area contributed by atoms with Crippen LogP contribution >= 0.6 is 11.8 Å². The van der Waals surface area contributed by atoms with Gasteiger partial charge in [-0.2, -0.15) is 0 Å². The Morgan fingerprint density at radius 3 is 2.57 bits per heavy atom. The standard InChI is InChI=1S/C24H26N2O3S/c1-4-5-13-29-24(28)18-9-11-19(12-10-18)25-21(27)15-30-22-14-17(3)20-8-6-7-16(2)23(20)26-22/h6-12,14H,4-5,13,15H2,1-3H3,(H,25,27). The Morgan fingerprint density at radius 2 is 1.83 bits per heavy atom. The van der Waals surface area contributed by atoms with Crippen LogP contribution in [0.25, 0.3) is 10.9 Å². The van der Waals surface area contributed by atoms with Gasteiger partial charge in [-0.1, -0.05) is 43.3 Å². The Kier molecular flexibility index (Phi) is 7.46. The average Bonchev–Trinajstić information content (AvgIpc) is 2.74. The third-order valence-corrected chi connectivity index (χ3v) is 5.62. The number of ether oxygens (including phenoxy) is 1. The molecule has 30 heavy (non-hydrogen) atoms. The molecule has 156 valence electrons. The maximum atomic E-state index is 12.3. The molecule has 0 saturated carbocycles. The molecule has 2 aromatic carbocycles. The van der Waals surface area contributed by atoms with Crippen LogP contribution < -0.4 is 5.32 Å². The number of aromatic nitrogens is 1. The number of hydrogen-bond acceptors (Lipinski definition) is 5. The van der Waals surface area contributed by atoms with E-state index >= 15 is 0 Å². The van der Waals surface area contributed by atoms with Gasteiger partial charge in [-0.25, -0.2) is 9.78 Å². The third kappa shape index (κ3) is 5.60. The van der Waals surface area contributed by atoms with E-state index in [1.165, 1.54) is 11.8 Å². The van der Waals surface area contributed by atoms with E-state index in [9.17, 15) is 9.59 Å². The Bertz CT molecular complexity index is 1050. The topological polar surface area (TPSA) is 68.3 Å². The number of rotatable bonds is 8. The lowest BCUT2D eigenvalue weighted by Gasteiger charge is -2.09. The van der Waals surface area contributed by atoms with E-state index in [1.807, 2.05) is 32.0 Å². The fraction of sp³-hybridized carbons (Fsp3) is 0.292. The highest BCUT2D eigenvalue weighted by Crippen LogP contribution is 2.25. The monoisotopic (exact) mass is 422 g/mol. The Hall–Kier alpha value is -2.86. The zero-order valence-electron chi connectivity index (χ0n) is 17.5. The molecule has 6 heteroatoms. The van der Waals surface area contributed by atoms with Crippen LogP contribution in [0.3, 0.4) is 0 Å². The largest absolute Gasteiger partial charge is 0.462 e. The molecule has 3 rings (SSSR count). The van der Waals surface area contributed by atoms with Crippen molar-refractivity contribution in [2.24, 2.45) is 0 Å². The summed E-state index contributed by atoms with van der Waals surface area (Å²) in [6.07, 6.45) is 1.83. The van der Waals surface area contributed by atoms with Gasteiger partial charge in [0.2, 0.25) is 5.91 Å². The maximum absolute atomic E-state index is 12.3. The van der Waals surface area contributed by atoms with Crippen molar-refractivity contribution in [1.82, 2.24) is 4.98 Å². The van der Waals surface area contributed by atoms with Crippen molar-refractivity contribution in [3.63, 3.8) is 0 Å². The molecule has 1 amide bonds. The number of nitrogens with one attached hydrogen (secondary N) is 1. The van der Waals surface area contributed by atoms with Crippen molar-refractivity contribution < 1.29 is 14.3 Å². The third-order valence-electron chi connectivity index (χ3n) is 4.71. The van der Waals surface area contributed by atoms with Gasteiger partial charge in [-0.15, -0.1) is 0 Å². The van der Waals surface area contributed by atoms with E-state index in [1.54, 1.807) is 24.3 Å². The minimum absolute atomic E-state index is 0.123. The van der Waals surface area contributed by atoms with Crippen LogP contribution in [0.4, 0.5) is 5.69 Å². The Morgan fingerprint density at radius 1 is 1.07 bits per heavy atom. The first-order chi connectivity index (χ1) is 14.5. The quantitative estimate of drug-likeness (QED) is 0.293. The van der Waals surface area contributed by atoms with Gasteiger partial charge in [0.15, 0.2) is 0 Å². The number of fused-ring (bicyclic) bond motifs is 1. The summed E-state index contributed by atoms with van der Waals surface area (Å²) in [4.78, 5) is 29.0. The normalized spacial score (nSPS) is 10.8. The number of carbonyl (C=O) groups is 2. The molecule has 5 nitrogen and oxygen atoms in total. The average molecular weight is 423 g/mol. The Balaban J connectivity index is 1.56. The minimum Gasteiger partial charge on any atom is -0.462 e. The van der Waals surface area contributed by atoms with Crippen LogP contribution in [0.2, 0.25) is 0 Å². The summed E-state index contributed by atoms with van der Waals surface area (Å²) in [7, 11) is 0. The first kappa shape index (κ1) is 21.8. The van der Waals surface area contributed by atoms with Gasteiger partial charge < -0.3 is 10.1 Å². The fourth-order valence-corrected chi connectivity index (χ4v) is 3.79. The fourth-order valence-electron chi connectivity index (χ4n) is 3.02. The molecule has 0 spiro atoms. The van der Waals surface area contributed by atoms with Crippen LogP contribution in [-0.4, -0.2) is 29.2 Å². The van der Waals surface area contributed by atoms with E-state index < -0.39 is 0 Å². The van der Waals surface area contributed by atoms with Crippen molar-refractivity contribution in [3.05, 3.63) is 65.2 Å². The number of aryl methyl sites for hydroxylation is 2. The molecule has 0 saturated heterocycles. The predicted molar refractivity (Wildman–Crippen MR) is 122 cm³/mol. The van der Waals surface area contributed by atoms with Gasteiger partial charge in [0.05, 0.1) is 28.5 Å².